The first-order valence-electron chi connectivity index (χ1n) is 10.7. The van der Waals surface area contributed by atoms with E-state index in [1.54, 1.807) is 0 Å². The zero-order valence-electron chi connectivity index (χ0n) is 16.6. The third kappa shape index (κ3) is 4.82. The molecule has 0 aromatic carbocycles. The number of nitrogens with one attached hydrogen (secondary N) is 2. The molecule has 9 heteroatoms. The fourth-order valence-electron chi connectivity index (χ4n) is 6.40. The highest BCUT2D eigenvalue weighted by Crippen LogP contribution is 2.60. The van der Waals surface area contributed by atoms with Crippen LogP contribution >= 0.6 is 0 Å². The summed E-state index contributed by atoms with van der Waals surface area (Å²) in [5.41, 5.74) is 0.300. The SMILES string of the molecule is O=C(O)NCCCC[C@H](NC(=O)O)c1nc(CC23CC4CC(CC(C4)C2)C3)no1. The average Bonchev–Trinajstić information content (AvgIpc) is 3.06. The number of amides is 2. The highest BCUT2D eigenvalue weighted by Gasteiger charge is 2.51. The van der Waals surface area contributed by atoms with Crippen LogP contribution in [0.4, 0.5) is 9.59 Å². The molecule has 0 aliphatic heterocycles. The van der Waals surface area contributed by atoms with Gasteiger partial charge in [0.2, 0.25) is 5.89 Å². The van der Waals surface area contributed by atoms with E-state index in [0.29, 0.717) is 42.9 Å². The molecule has 1 atom stereocenters. The molecule has 0 radical (unpaired) electrons. The van der Waals surface area contributed by atoms with Crippen molar-refractivity contribution in [3.05, 3.63) is 11.7 Å². The van der Waals surface area contributed by atoms with Gasteiger partial charge in [0.25, 0.3) is 0 Å². The number of carbonyl (C=O) groups is 2. The summed E-state index contributed by atoms with van der Waals surface area (Å²) in [7, 11) is 0. The second-order valence-corrected chi connectivity index (χ2v) is 9.37. The van der Waals surface area contributed by atoms with Crippen LogP contribution in [0.2, 0.25) is 0 Å². The first-order valence-corrected chi connectivity index (χ1v) is 10.7. The third-order valence-electron chi connectivity index (χ3n) is 6.97. The number of hydrogen-bond donors (Lipinski definition) is 4. The summed E-state index contributed by atoms with van der Waals surface area (Å²) < 4.78 is 5.44. The van der Waals surface area contributed by atoms with E-state index in [-0.39, 0.29) is 0 Å². The van der Waals surface area contributed by atoms with Crippen molar-refractivity contribution in [2.24, 2.45) is 23.2 Å². The average molecular weight is 406 g/mol. The van der Waals surface area contributed by atoms with Crippen molar-refractivity contribution >= 4 is 12.2 Å². The Hall–Kier alpha value is -2.32. The molecule has 4 fully saturated rings. The van der Waals surface area contributed by atoms with E-state index in [4.69, 9.17) is 14.7 Å². The summed E-state index contributed by atoms with van der Waals surface area (Å²) in [6.45, 7) is 0.330. The zero-order chi connectivity index (χ0) is 20.4. The van der Waals surface area contributed by atoms with Gasteiger partial charge in [0.05, 0.1) is 0 Å². The monoisotopic (exact) mass is 406 g/mol. The van der Waals surface area contributed by atoms with Crippen LogP contribution in [0.1, 0.15) is 75.5 Å². The molecule has 4 aliphatic rings. The number of nitrogens with zero attached hydrogens (tertiary/aromatic N) is 2. The van der Waals surface area contributed by atoms with Gasteiger partial charge in [0.15, 0.2) is 5.82 Å². The van der Waals surface area contributed by atoms with Gasteiger partial charge in [-0.15, -0.1) is 0 Å². The fourth-order valence-corrected chi connectivity index (χ4v) is 6.40. The Balaban J connectivity index is 1.36. The Morgan fingerprint density at radius 1 is 1.07 bits per heavy atom. The van der Waals surface area contributed by atoms with E-state index >= 15 is 0 Å². The molecule has 29 heavy (non-hydrogen) atoms. The smallest absolute Gasteiger partial charge is 0.405 e. The molecule has 9 nitrogen and oxygen atoms in total. The maximum absolute atomic E-state index is 11.2. The van der Waals surface area contributed by atoms with Gasteiger partial charge < -0.3 is 25.4 Å². The van der Waals surface area contributed by atoms with E-state index in [2.05, 4.69) is 20.8 Å². The fraction of sp³-hybridized carbons (Fsp3) is 0.800. The Bertz CT molecular complexity index is 714. The molecular weight excluding hydrogens is 376 g/mol. The molecule has 4 aliphatic carbocycles. The topological polar surface area (TPSA) is 138 Å². The van der Waals surface area contributed by atoms with E-state index in [9.17, 15) is 9.59 Å². The van der Waals surface area contributed by atoms with Crippen LogP contribution in [0, 0.1) is 23.2 Å². The minimum absolute atomic E-state index is 0.300. The molecule has 1 aromatic rings. The lowest BCUT2D eigenvalue weighted by atomic mass is 9.49. The summed E-state index contributed by atoms with van der Waals surface area (Å²) in [5.74, 6) is 3.56. The maximum atomic E-state index is 11.2. The van der Waals surface area contributed by atoms with Crippen molar-refractivity contribution in [3.63, 3.8) is 0 Å². The van der Waals surface area contributed by atoms with Gasteiger partial charge in [-0.05, 0) is 81.0 Å². The zero-order valence-corrected chi connectivity index (χ0v) is 16.6. The van der Waals surface area contributed by atoms with Crippen LogP contribution in [-0.2, 0) is 6.42 Å². The lowest BCUT2D eigenvalue weighted by Gasteiger charge is -2.56. The molecule has 4 N–H and O–H groups in total. The van der Waals surface area contributed by atoms with Gasteiger partial charge in [-0.25, -0.2) is 9.59 Å². The van der Waals surface area contributed by atoms with E-state index < -0.39 is 18.2 Å². The van der Waals surface area contributed by atoms with Gasteiger partial charge in [-0.3, -0.25) is 0 Å². The van der Waals surface area contributed by atoms with Crippen LogP contribution in [0.5, 0.6) is 0 Å². The first kappa shape index (κ1) is 20.0. The second kappa shape index (κ2) is 8.20. The number of unbranched alkanes of at least 4 members (excludes halogenated alkanes) is 1. The number of rotatable bonds is 9. The molecule has 160 valence electrons. The lowest BCUT2D eigenvalue weighted by molar-refractivity contribution is -0.0533. The maximum Gasteiger partial charge on any atom is 0.405 e. The molecular formula is C20H30N4O5. The quantitative estimate of drug-likeness (QED) is 0.460. The summed E-state index contributed by atoms with van der Waals surface area (Å²) in [4.78, 5) is 26.2. The molecule has 2 amide bonds. The first-order chi connectivity index (χ1) is 13.9. The number of carboxylic acid groups (broad SMARTS) is 2. The van der Waals surface area contributed by atoms with Gasteiger partial charge in [-0.2, -0.15) is 4.98 Å². The summed E-state index contributed by atoms with van der Waals surface area (Å²) in [6.07, 6.45) is 8.29. The van der Waals surface area contributed by atoms with Crippen molar-refractivity contribution in [1.29, 1.82) is 0 Å². The summed E-state index contributed by atoms with van der Waals surface area (Å²) in [6, 6.07) is -0.574. The van der Waals surface area contributed by atoms with Crippen molar-refractivity contribution in [2.75, 3.05) is 6.54 Å². The van der Waals surface area contributed by atoms with Crippen molar-refractivity contribution in [1.82, 2.24) is 20.8 Å². The highest BCUT2D eigenvalue weighted by molar-refractivity contribution is 5.65. The lowest BCUT2D eigenvalue weighted by Crippen LogP contribution is -2.47. The Morgan fingerprint density at radius 2 is 1.72 bits per heavy atom. The molecule has 1 aromatic heterocycles. The van der Waals surface area contributed by atoms with Crippen molar-refractivity contribution in [2.45, 2.75) is 70.3 Å². The highest BCUT2D eigenvalue weighted by atomic mass is 16.5. The van der Waals surface area contributed by atoms with Gasteiger partial charge in [0, 0.05) is 13.0 Å². The molecule has 1 heterocycles. The van der Waals surface area contributed by atoms with Crippen molar-refractivity contribution < 1.29 is 24.3 Å². The minimum atomic E-state index is -1.14. The van der Waals surface area contributed by atoms with Gasteiger partial charge in [-0.1, -0.05) is 5.16 Å². The van der Waals surface area contributed by atoms with Crippen LogP contribution < -0.4 is 10.6 Å². The van der Waals surface area contributed by atoms with E-state index in [0.717, 1.165) is 24.2 Å². The van der Waals surface area contributed by atoms with Crippen LogP contribution in [-0.4, -0.2) is 39.1 Å². The predicted octanol–water partition coefficient (Wildman–Crippen LogP) is 3.58. The molecule has 5 rings (SSSR count). The van der Waals surface area contributed by atoms with Crippen molar-refractivity contribution in [3.8, 4) is 0 Å². The Morgan fingerprint density at radius 3 is 2.31 bits per heavy atom. The van der Waals surface area contributed by atoms with E-state index in [1.165, 1.54) is 38.5 Å². The molecule has 0 unspecified atom stereocenters. The van der Waals surface area contributed by atoms with Gasteiger partial charge in [0.1, 0.15) is 6.04 Å². The molecule has 0 spiro atoms. The number of hydrogen-bond acceptors (Lipinski definition) is 5. The standard InChI is InChI=1S/C20H30N4O5/c25-18(26)21-4-2-1-3-15(22-19(27)28)17-23-16(24-29-17)11-20-8-12-5-13(9-20)7-14(6-12)10-20/h12-15,21-22H,1-11H2,(H,25,26)(H,27,28)/t12?,13?,14?,15-,20?/m0/s1. The molecule has 0 saturated heterocycles. The predicted molar refractivity (Wildman–Crippen MR) is 102 cm³/mol. The van der Waals surface area contributed by atoms with Crippen LogP contribution in [0.25, 0.3) is 0 Å². The Labute approximate surface area is 169 Å². The van der Waals surface area contributed by atoms with Crippen LogP contribution in [0.15, 0.2) is 4.52 Å². The van der Waals surface area contributed by atoms with E-state index in [1.807, 2.05) is 0 Å². The normalized spacial score (nSPS) is 30.8. The number of aromatic nitrogens is 2. The second-order valence-electron chi connectivity index (χ2n) is 9.37. The molecule has 4 saturated carbocycles. The minimum Gasteiger partial charge on any atom is -0.465 e. The van der Waals surface area contributed by atoms with Gasteiger partial charge >= 0.3 is 12.2 Å². The summed E-state index contributed by atoms with van der Waals surface area (Å²) >= 11 is 0. The Kier molecular flexibility index (Phi) is 5.65. The molecule has 4 bridgehead atoms. The van der Waals surface area contributed by atoms with Crippen LogP contribution in [0.3, 0.4) is 0 Å². The summed E-state index contributed by atoms with van der Waals surface area (Å²) in [5, 5.41) is 26.7. The third-order valence-corrected chi connectivity index (χ3v) is 6.97. The largest absolute Gasteiger partial charge is 0.465 e.